The zero-order valence-electron chi connectivity index (χ0n) is 14.4. The van der Waals surface area contributed by atoms with Crippen LogP contribution in [0.4, 0.5) is 11.6 Å². The average Bonchev–Trinajstić information content (AvgIpc) is 2.68. The van der Waals surface area contributed by atoms with Crippen molar-refractivity contribution in [3.05, 3.63) is 53.1 Å². The molecule has 3 heterocycles. The molecule has 0 saturated carbocycles. The van der Waals surface area contributed by atoms with E-state index >= 15 is 0 Å². The van der Waals surface area contributed by atoms with Gasteiger partial charge in [0.2, 0.25) is 0 Å². The van der Waals surface area contributed by atoms with E-state index in [-0.39, 0.29) is 10.7 Å². The molecule has 7 nitrogen and oxygen atoms in total. The van der Waals surface area contributed by atoms with Crippen molar-refractivity contribution in [2.45, 2.75) is 4.90 Å². The molecule has 4 rings (SSSR count). The molecule has 2 aromatic heterocycles. The lowest BCUT2D eigenvalue weighted by Gasteiger charge is -2.29. The number of benzene rings is 1. The fraction of sp³-hybridized carbons (Fsp3) is 0.222. The van der Waals surface area contributed by atoms with E-state index in [1.54, 1.807) is 36.5 Å². The molecule has 140 valence electrons. The van der Waals surface area contributed by atoms with Crippen LogP contribution in [0.1, 0.15) is 0 Å². The standard InChI is InChI=1S/C18H18BrN5O2S/c19-14-3-5-15(6-4-14)27(25,26)23-16-12-13-2-1-7-21-17(13)18(22-16)24-10-8-20-9-11-24/h1-7,12,20H,8-11H2,(H,22,23). The van der Waals surface area contributed by atoms with Crippen LogP contribution >= 0.6 is 15.9 Å². The normalized spacial score (nSPS) is 15.1. The minimum atomic E-state index is -3.73. The minimum Gasteiger partial charge on any atom is -0.352 e. The van der Waals surface area contributed by atoms with E-state index in [1.165, 1.54) is 0 Å². The van der Waals surface area contributed by atoms with Crippen LogP contribution in [-0.2, 0) is 10.0 Å². The summed E-state index contributed by atoms with van der Waals surface area (Å²) >= 11 is 3.31. The van der Waals surface area contributed by atoms with Crippen molar-refractivity contribution in [3.8, 4) is 0 Å². The van der Waals surface area contributed by atoms with E-state index in [2.05, 4.69) is 40.8 Å². The Kier molecular flexibility index (Phi) is 4.98. The van der Waals surface area contributed by atoms with Crippen LogP contribution in [0.5, 0.6) is 0 Å². The van der Waals surface area contributed by atoms with E-state index in [0.717, 1.165) is 41.6 Å². The van der Waals surface area contributed by atoms with Gasteiger partial charge in [-0.05, 0) is 36.4 Å². The van der Waals surface area contributed by atoms with Gasteiger partial charge in [-0.25, -0.2) is 13.4 Å². The van der Waals surface area contributed by atoms with Gasteiger partial charge in [0, 0.05) is 42.2 Å². The van der Waals surface area contributed by atoms with Crippen LogP contribution < -0.4 is 14.9 Å². The highest BCUT2D eigenvalue weighted by molar-refractivity contribution is 9.10. The number of rotatable bonds is 4. The largest absolute Gasteiger partial charge is 0.352 e. The fourth-order valence-electron chi connectivity index (χ4n) is 3.03. The second kappa shape index (κ2) is 7.41. The molecular weight excluding hydrogens is 430 g/mol. The molecule has 9 heteroatoms. The Morgan fingerprint density at radius 1 is 1.11 bits per heavy atom. The van der Waals surface area contributed by atoms with Crippen molar-refractivity contribution >= 4 is 48.5 Å². The highest BCUT2D eigenvalue weighted by Gasteiger charge is 2.20. The molecule has 2 N–H and O–H groups in total. The number of hydrogen-bond acceptors (Lipinski definition) is 6. The molecular formula is C18H18BrN5O2S. The molecule has 1 aliphatic heterocycles. The minimum absolute atomic E-state index is 0.183. The molecule has 0 unspecified atom stereocenters. The van der Waals surface area contributed by atoms with Crippen molar-refractivity contribution in [3.63, 3.8) is 0 Å². The maximum Gasteiger partial charge on any atom is 0.263 e. The van der Waals surface area contributed by atoms with E-state index in [9.17, 15) is 8.42 Å². The Balaban J connectivity index is 1.74. The Morgan fingerprint density at radius 3 is 2.59 bits per heavy atom. The monoisotopic (exact) mass is 447 g/mol. The molecule has 1 saturated heterocycles. The van der Waals surface area contributed by atoms with Gasteiger partial charge in [-0.1, -0.05) is 22.0 Å². The number of sulfonamides is 1. The Labute approximate surface area is 166 Å². The van der Waals surface area contributed by atoms with Crippen LogP contribution in [0.2, 0.25) is 0 Å². The summed E-state index contributed by atoms with van der Waals surface area (Å²) in [6.07, 6.45) is 1.72. The van der Waals surface area contributed by atoms with E-state index in [0.29, 0.717) is 5.82 Å². The van der Waals surface area contributed by atoms with Crippen molar-refractivity contribution in [2.24, 2.45) is 0 Å². The third kappa shape index (κ3) is 3.90. The number of aromatic nitrogens is 2. The summed E-state index contributed by atoms with van der Waals surface area (Å²) in [6.45, 7) is 3.29. The van der Waals surface area contributed by atoms with Crippen molar-refractivity contribution < 1.29 is 8.42 Å². The molecule has 0 atom stereocenters. The van der Waals surface area contributed by atoms with Crippen LogP contribution in [0.3, 0.4) is 0 Å². The average molecular weight is 448 g/mol. The van der Waals surface area contributed by atoms with Crippen LogP contribution in [0.15, 0.2) is 58.0 Å². The number of nitrogens with zero attached hydrogens (tertiary/aromatic N) is 3. The molecule has 27 heavy (non-hydrogen) atoms. The molecule has 0 amide bonds. The lowest BCUT2D eigenvalue weighted by molar-refractivity contribution is 0.586. The van der Waals surface area contributed by atoms with Crippen molar-refractivity contribution in [1.82, 2.24) is 15.3 Å². The van der Waals surface area contributed by atoms with Crippen molar-refractivity contribution in [2.75, 3.05) is 35.8 Å². The maximum absolute atomic E-state index is 12.7. The summed E-state index contributed by atoms with van der Waals surface area (Å²) in [7, 11) is -3.73. The summed E-state index contributed by atoms with van der Waals surface area (Å²) in [4.78, 5) is 11.4. The number of fused-ring (bicyclic) bond motifs is 1. The van der Waals surface area contributed by atoms with E-state index in [1.807, 2.05) is 12.1 Å². The molecule has 1 fully saturated rings. The summed E-state index contributed by atoms with van der Waals surface area (Å²) in [5.41, 5.74) is 0.769. The van der Waals surface area contributed by atoms with Gasteiger partial charge in [-0.15, -0.1) is 0 Å². The lowest BCUT2D eigenvalue weighted by atomic mass is 10.2. The van der Waals surface area contributed by atoms with Crippen LogP contribution in [0.25, 0.3) is 10.9 Å². The van der Waals surface area contributed by atoms with Crippen LogP contribution in [0, 0.1) is 0 Å². The van der Waals surface area contributed by atoms with E-state index < -0.39 is 10.0 Å². The Hall–Kier alpha value is -2.23. The molecule has 0 bridgehead atoms. The number of pyridine rings is 2. The zero-order chi connectivity index (χ0) is 18.9. The SMILES string of the molecule is O=S(=O)(Nc1cc2cccnc2c(N2CCNCC2)n1)c1ccc(Br)cc1. The predicted molar refractivity (Wildman–Crippen MR) is 110 cm³/mol. The first kappa shape index (κ1) is 18.1. The van der Waals surface area contributed by atoms with Gasteiger partial charge in [0.15, 0.2) is 5.82 Å². The Bertz CT molecular complexity index is 1070. The molecule has 1 aromatic carbocycles. The number of anilines is 2. The number of halogens is 1. The molecule has 0 aliphatic carbocycles. The number of piperazine rings is 1. The van der Waals surface area contributed by atoms with Gasteiger partial charge in [0.05, 0.1) is 4.90 Å². The van der Waals surface area contributed by atoms with Crippen molar-refractivity contribution in [1.29, 1.82) is 0 Å². The Morgan fingerprint density at radius 2 is 1.85 bits per heavy atom. The van der Waals surface area contributed by atoms with Gasteiger partial charge in [0.1, 0.15) is 11.3 Å². The molecule has 0 spiro atoms. The summed E-state index contributed by atoms with van der Waals surface area (Å²) < 4.78 is 28.9. The van der Waals surface area contributed by atoms with Gasteiger partial charge in [-0.2, -0.15) is 0 Å². The third-order valence-electron chi connectivity index (χ3n) is 4.35. The first-order valence-electron chi connectivity index (χ1n) is 8.53. The summed E-state index contributed by atoms with van der Waals surface area (Å²) in [5.74, 6) is 0.982. The molecule has 1 aliphatic rings. The summed E-state index contributed by atoms with van der Waals surface area (Å²) in [6, 6.07) is 11.9. The zero-order valence-corrected chi connectivity index (χ0v) is 16.8. The number of nitrogens with one attached hydrogen (secondary N) is 2. The highest BCUT2D eigenvalue weighted by atomic mass is 79.9. The second-order valence-electron chi connectivity index (χ2n) is 6.20. The second-order valence-corrected chi connectivity index (χ2v) is 8.80. The predicted octanol–water partition coefficient (Wildman–Crippen LogP) is 2.60. The quantitative estimate of drug-likeness (QED) is 0.638. The number of hydrogen-bond donors (Lipinski definition) is 2. The van der Waals surface area contributed by atoms with E-state index in [4.69, 9.17) is 0 Å². The first-order chi connectivity index (χ1) is 13.0. The molecule has 0 radical (unpaired) electrons. The van der Waals surface area contributed by atoms with Gasteiger partial charge < -0.3 is 10.2 Å². The van der Waals surface area contributed by atoms with Gasteiger partial charge in [0.25, 0.3) is 10.0 Å². The maximum atomic E-state index is 12.7. The topological polar surface area (TPSA) is 87.2 Å². The summed E-state index contributed by atoms with van der Waals surface area (Å²) in [5, 5.41) is 4.15. The van der Waals surface area contributed by atoms with Gasteiger partial charge in [-0.3, -0.25) is 9.71 Å². The fourth-order valence-corrected chi connectivity index (χ4v) is 4.28. The van der Waals surface area contributed by atoms with Crippen LogP contribution in [-0.4, -0.2) is 44.6 Å². The van der Waals surface area contributed by atoms with Gasteiger partial charge >= 0.3 is 0 Å². The lowest BCUT2D eigenvalue weighted by Crippen LogP contribution is -2.44. The molecule has 3 aromatic rings. The smallest absolute Gasteiger partial charge is 0.263 e. The third-order valence-corrected chi connectivity index (χ3v) is 6.25. The highest BCUT2D eigenvalue weighted by Crippen LogP contribution is 2.27. The first-order valence-corrected chi connectivity index (χ1v) is 10.8.